The summed E-state index contributed by atoms with van der Waals surface area (Å²) in [6.45, 7) is 0.496. The molecule has 0 heterocycles. The second-order valence-corrected chi connectivity index (χ2v) is 5.71. The van der Waals surface area contributed by atoms with E-state index in [9.17, 15) is 4.39 Å². The molecule has 0 amide bonds. The van der Waals surface area contributed by atoms with Crippen LogP contribution < -0.4 is 10.5 Å². The summed E-state index contributed by atoms with van der Waals surface area (Å²) in [5, 5.41) is 0. The molecule has 1 aliphatic carbocycles. The molecule has 0 radical (unpaired) electrons. The fraction of sp³-hybridized carbons (Fsp3) is 0.100. The Morgan fingerprint density at radius 1 is 0.913 bits per heavy atom. The average Bonchev–Trinajstić information content (AvgIpc) is 2.88. The van der Waals surface area contributed by atoms with Crippen molar-refractivity contribution in [2.24, 2.45) is 5.73 Å². The molecule has 0 aliphatic heterocycles. The molecule has 1 aliphatic rings. The van der Waals surface area contributed by atoms with E-state index in [0.29, 0.717) is 12.2 Å². The lowest BCUT2D eigenvalue weighted by Gasteiger charge is -2.10. The van der Waals surface area contributed by atoms with Crippen molar-refractivity contribution in [3.63, 3.8) is 0 Å². The van der Waals surface area contributed by atoms with Crippen molar-refractivity contribution < 1.29 is 9.13 Å². The van der Waals surface area contributed by atoms with Crippen LogP contribution >= 0.6 is 0 Å². The second-order valence-electron chi connectivity index (χ2n) is 5.71. The van der Waals surface area contributed by atoms with E-state index in [0.717, 1.165) is 28.0 Å². The third-order valence-corrected chi connectivity index (χ3v) is 4.26. The van der Waals surface area contributed by atoms with Gasteiger partial charge in [0.05, 0.1) is 6.04 Å². The molecule has 23 heavy (non-hydrogen) atoms. The Morgan fingerprint density at radius 2 is 1.74 bits per heavy atom. The number of benzene rings is 3. The number of ether oxygens (including phenoxy) is 1. The van der Waals surface area contributed by atoms with Crippen molar-refractivity contribution in [3.8, 4) is 16.9 Å². The van der Waals surface area contributed by atoms with Gasteiger partial charge in [0.2, 0.25) is 0 Å². The zero-order valence-corrected chi connectivity index (χ0v) is 12.5. The van der Waals surface area contributed by atoms with Crippen molar-refractivity contribution in [1.29, 1.82) is 0 Å². The first-order valence-corrected chi connectivity index (χ1v) is 7.59. The van der Waals surface area contributed by atoms with Gasteiger partial charge < -0.3 is 10.5 Å². The van der Waals surface area contributed by atoms with Crippen LogP contribution in [0.15, 0.2) is 66.7 Å². The molecule has 1 atom stereocenters. The molecule has 3 heteroatoms. The summed E-state index contributed by atoms with van der Waals surface area (Å²) in [4.78, 5) is 0. The van der Waals surface area contributed by atoms with Crippen LogP contribution in [0.2, 0.25) is 0 Å². The fourth-order valence-corrected chi connectivity index (χ4v) is 3.11. The number of hydrogen-bond donors (Lipinski definition) is 1. The SMILES string of the molecule is NC1c2cc(OCc3ccccc3)ccc2-c2c(F)cccc21. The summed E-state index contributed by atoms with van der Waals surface area (Å²) in [5.41, 5.74) is 10.6. The molecular weight excluding hydrogens is 289 g/mol. The number of fused-ring (bicyclic) bond motifs is 3. The third kappa shape index (κ3) is 2.39. The van der Waals surface area contributed by atoms with Gasteiger partial charge in [0.25, 0.3) is 0 Å². The van der Waals surface area contributed by atoms with E-state index >= 15 is 0 Å². The molecule has 0 saturated heterocycles. The van der Waals surface area contributed by atoms with Gasteiger partial charge in [-0.2, -0.15) is 0 Å². The van der Waals surface area contributed by atoms with E-state index in [1.165, 1.54) is 6.07 Å². The minimum absolute atomic E-state index is 0.227. The summed E-state index contributed by atoms with van der Waals surface area (Å²) < 4.78 is 20.0. The van der Waals surface area contributed by atoms with Crippen LogP contribution in [0.3, 0.4) is 0 Å². The monoisotopic (exact) mass is 305 g/mol. The van der Waals surface area contributed by atoms with Crippen molar-refractivity contribution >= 4 is 0 Å². The molecular formula is C20H16FNO. The van der Waals surface area contributed by atoms with Gasteiger partial charge in [0.1, 0.15) is 18.2 Å². The minimum Gasteiger partial charge on any atom is -0.489 e. The predicted octanol–water partition coefficient (Wildman–Crippen LogP) is 4.43. The molecule has 0 saturated carbocycles. The van der Waals surface area contributed by atoms with Crippen molar-refractivity contribution in [2.75, 3.05) is 0 Å². The maximum Gasteiger partial charge on any atom is 0.131 e. The maximum atomic E-state index is 14.1. The van der Waals surface area contributed by atoms with Crippen LogP contribution in [0.25, 0.3) is 11.1 Å². The lowest BCUT2D eigenvalue weighted by atomic mass is 10.1. The van der Waals surface area contributed by atoms with Gasteiger partial charge >= 0.3 is 0 Å². The van der Waals surface area contributed by atoms with E-state index in [1.54, 1.807) is 6.07 Å². The molecule has 2 nitrogen and oxygen atoms in total. The second kappa shape index (κ2) is 5.52. The van der Waals surface area contributed by atoms with Gasteiger partial charge in [-0.1, -0.05) is 48.5 Å². The fourth-order valence-electron chi connectivity index (χ4n) is 3.11. The molecule has 0 bridgehead atoms. The Balaban J connectivity index is 1.64. The Bertz CT molecular complexity index is 861. The van der Waals surface area contributed by atoms with Crippen LogP contribution in [0.1, 0.15) is 22.7 Å². The van der Waals surface area contributed by atoms with Gasteiger partial charge in [0.15, 0.2) is 0 Å². The highest BCUT2D eigenvalue weighted by molar-refractivity contribution is 5.79. The molecule has 3 aromatic rings. The number of hydrogen-bond acceptors (Lipinski definition) is 2. The summed E-state index contributed by atoms with van der Waals surface area (Å²) in [6, 6.07) is 20.4. The van der Waals surface area contributed by atoms with Gasteiger partial charge in [-0.3, -0.25) is 0 Å². The Morgan fingerprint density at radius 3 is 2.57 bits per heavy atom. The molecule has 4 rings (SSSR count). The van der Waals surface area contributed by atoms with E-state index in [4.69, 9.17) is 10.5 Å². The first-order chi connectivity index (χ1) is 11.2. The van der Waals surface area contributed by atoms with Gasteiger partial charge in [0, 0.05) is 5.56 Å². The van der Waals surface area contributed by atoms with Gasteiger partial charge in [-0.15, -0.1) is 0 Å². The maximum absolute atomic E-state index is 14.1. The zero-order valence-electron chi connectivity index (χ0n) is 12.5. The Labute approximate surface area is 134 Å². The van der Waals surface area contributed by atoms with E-state index in [-0.39, 0.29) is 11.9 Å². The first-order valence-electron chi connectivity index (χ1n) is 7.59. The molecule has 114 valence electrons. The number of halogens is 1. The van der Waals surface area contributed by atoms with Crippen LogP contribution in [0, 0.1) is 5.82 Å². The van der Waals surface area contributed by atoms with E-state index in [1.807, 2.05) is 54.6 Å². The standard InChI is InChI=1S/C20H16FNO/c21-18-8-4-7-16-19(18)15-10-9-14(11-17(15)20(16)22)23-12-13-5-2-1-3-6-13/h1-11,20H,12,22H2. The predicted molar refractivity (Wildman–Crippen MR) is 88.6 cm³/mol. The molecule has 3 aromatic carbocycles. The van der Waals surface area contributed by atoms with Crippen molar-refractivity contribution in [3.05, 3.63) is 89.2 Å². The van der Waals surface area contributed by atoms with E-state index in [2.05, 4.69) is 0 Å². The highest BCUT2D eigenvalue weighted by Gasteiger charge is 2.28. The minimum atomic E-state index is -0.309. The largest absolute Gasteiger partial charge is 0.489 e. The quantitative estimate of drug-likeness (QED) is 0.776. The summed E-state index contributed by atoms with van der Waals surface area (Å²) in [7, 11) is 0. The summed E-state index contributed by atoms with van der Waals surface area (Å²) in [5.74, 6) is 0.519. The first kappa shape index (κ1) is 14.0. The molecule has 2 N–H and O–H groups in total. The van der Waals surface area contributed by atoms with Gasteiger partial charge in [-0.25, -0.2) is 4.39 Å². The van der Waals surface area contributed by atoms with Crippen LogP contribution in [0.4, 0.5) is 4.39 Å². The summed E-state index contributed by atoms with van der Waals surface area (Å²) in [6.07, 6.45) is 0. The molecule has 1 unspecified atom stereocenters. The van der Waals surface area contributed by atoms with Crippen LogP contribution in [-0.2, 0) is 6.61 Å². The molecule has 0 aromatic heterocycles. The zero-order chi connectivity index (χ0) is 15.8. The summed E-state index contributed by atoms with van der Waals surface area (Å²) >= 11 is 0. The highest BCUT2D eigenvalue weighted by Crippen LogP contribution is 2.44. The lowest BCUT2D eigenvalue weighted by molar-refractivity contribution is 0.306. The van der Waals surface area contributed by atoms with Gasteiger partial charge in [-0.05, 0) is 40.5 Å². The van der Waals surface area contributed by atoms with E-state index < -0.39 is 0 Å². The number of nitrogens with two attached hydrogens (primary N) is 1. The smallest absolute Gasteiger partial charge is 0.131 e. The Kier molecular flexibility index (Phi) is 3.36. The van der Waals surface area contributed by atoms with Crippen molar-refractivity contribution in [2.45, 2.75) is 12.6 Å². The lowest BCUT2D eigenvalue weighted by Crippen LogP contribution is -2.08. The highest BCUT2D eigenvalue weighted by atomic mass is 19.1. The van der Waals surface area contributed by atoms with Crippen molar-refractivity contribution in [1.82, 2.24) is 0 Å². The van der Waals surface area contributed by atoms with Crippen LogP contribution in [0.5, 0.6) is 5.75 Å². The number of rotatable bonds is 3. The normalized spacial score (nSPS) is 15.1. The molecule has 0 spiro atoms. The van der Waals surface area contributed by atoms with Crippen LogP contribution in [-0.4, -0.2) is 0 Å². The Hall–Kier alpha value is -2.65. The average molecular weight is 305 g/mol. The third-order valence-electron chi connectivity index (χ3n) is 4.26. The molecule has 0 fully saturated rings. The topological polar surface area (TPSA) is 35.2 Å².